The summed E-state index contributed by atoms with van der Waals surface area (Å²) in [6.07, 6.45) is 16.9. The number of allylic oxidation sites excluding steroid dienone is 3. The van der Waals surface area contributed by atoms with Crippen LogP contribution in [0.25, 0.3) is 0 Å². The Hall–Kier alpha value is -1.05. The van der Waals surface area contributed by atoms with Crippen LogP contribution in [0.5, 0.6) is 0 Å². The highest BCUT2D eigenvalue weighted by Crippen LogP contribution is 2.18. The molecule has 0 amide bonds. The highest BCUT2D eigenvalue weighted by atomic mass is 16.5. The maximum absolute atomic E-state index is 11.7. The third kappa shape index (κ3) is 7.19. The first-order chi connectivity index (χ1) is 9.26. The van der Waals surface area contributed by atoms with Gasteiger partial charge in [0.05, 0.1) is 0 Å². The number of ether oxygens (including phenoxy) is 1. The van der Waals surface area contributed by atoms with Crippen molar-refractivity contribution in [3.63, 3.8) is 0 Å². The molecular weight excluding hydrogens is 236 g/mol. The van der Waals surface area contributed by atoms with Crippen LogP contribution in [0.4, 0.5) is 0 Å². The van der Waals surface area contributed by atoms with E-state index in [1.54, 1.807) is 6.08 Å². The molecule has 19 heavy (non-hydrogen) atoms. The summed E-state index contributed by atoms with van der Waals surface area (Å²) in [5.41, 5.74) is 0. The summed E-state index contributed by atoms with van der Waals surface area (Å²) in [6, 6.07) is 0. The number of cyclic esters (lactones) is 1. The molecule has 0 saturated heterocycles. The van der Waals surface area contributed by atoms with Gasteiger partial charge in [0.25, 0.3) is 0 Å². The molecule has 0 aromatic rings. The molecule has 0 bridgehead atoms. The Labute approximate surface area is 117 Å². The quantitative estimate of drug-likeness (QED) is 0.540. The second-order valence-corrected chi connectivity index (χ2v) is 5.40. The summed E-state index contributed by atoms with van der Waals surface area (Å²) in [7, 11) is 0. The minimum Gasteiger partial charge on any atom is -0.459 e. The lowest BCUT2D eigenvalue weighted by atomic mass is 9.95. The van der Waals surface area contributed by atoms with Crippen molar-refractivity contribution in [2.24, 2.45) is 5.92 Å². The summed E-state index contributed by atoms with van der Waals surface area (Å²) in [5, 5.41) is 0. The minimum absolute atomic E-state index is 0.0812. The van der Waals surface area contributed by atoms with Gasteiger partial charge in [0, 0.05) is 6.08 Å². The third-order valence-electron chi connectivity index (χ3n) is 3.69. The lowest BCUT2D eigenvalue weighted by Crippen LogP contribution is -2.15. The highest BCUT2D eigenvalue weighted by molar-refractivity contribution is 5.82. The van der Waals surface area contributed by atoms with E-state index in [0.29, 0.717) is 5.92 Å². The van der Waals surface area contributed by atoms with Crippen molar-refractivity contribution in [1.29, 1.82) is 0 Å². The lowest BCUT2D eigenvalue weighted by Gasteiger charge is -2.14. The molecule has 1 aliphatic heterocycles. The Morgan fingerprint density at radius 2 is 2.00 bits per heavy atom. The van der Waals surface area contributed by atoms with E-state index < -0.39 is 0 Å². The summed E-state index contributed by atoms with van der Waals surface area (Å²) in [6.45, 7) is 4.29. The Balaban J connectivity index is 2.60. The minimum atomic E-state index is -0.172. The van der Waals surface area contributed by atoms with E-state index >= 15 is 0 Å². The van der Waals surface area contributed by atoms with Gasteiger partial charge in [-0.05, 0) is 44.4 Å². The molecule has 2 atom stereocenters. The molecular formula is C17H28O2. The van der Waals surface area contributed by atoms with Crippen LogP contribution >= 0.6 is 0 Å². The standard InChI is InChI=1S/C17H28O2/c1-3-10-15-11-7-5-6-8-13-16(4-2)19-17(18)14-9-12-15/h5,7,9,14-16H,3-4,6,8,10-13H2,1-2H3/b7-5+,14-9+. The second-order valence-electron chi connectivity index (χ2n) is 5.40. The van der Waals surface area contributed by atoms with E-state index in [4.69, 9.17) is 4.74 Å². The molecule has 0 fully saturated rings. The number of carbonyl (C=O) groups excluding carboxylic acids is 1. The first-order valence-corrected chi connectivity index (χ1v) is 7.78. The van der Waals surface area contributed by atoms with Gasteiger partial charge in [0.2, 0.25) is 0 Å². The van der Waals surface area contributed by atoms with Crippen LogP contribution in [0.1, 0.15) is 65.2 Å². The van der Waals surface area contributed by atoms with Crippen LogP contribution in [0.3, 0.4) is 0 Å². The van der Waals surface area contributed by atoms with Crippen molar-refractivity contribution in [3.8, 4) is 0 Å². The molecule has 0 saturated carbocycles. The SMILES string of the molecule is CCCC1C/C=C/CCCC(CC)OC(=O)/C=C/C1. The highest BCUT2D eigenvalue weighted by Gasteiger charge is 2.11. The third-order valence-corrected chi connectivity index (χ3v) is 3.69. The molecule has 2 nitrogen and oxygen atoms in total. The van der Waals surface area contributed by atoms with Crippen LogP contribution in [0.2, 0.25) is 0 Å². The molecule has 0 N–H and O–H groups in total. The molecule has 0 aromatic heterocycles. The normalized spacial score (nSPS) is 29.5. The maximum Gasteiger partial charge on any atom is 0.330 e. The van der Waals surface area contributed by atoms with Crippen molar-refractivity contribution in [2.45, 2.75) is 71.3 Å². The van der Waals surface area contributed by atoms with E-state index in [1.807, 2.05) is 6.08 Å². The number of hydrogen-bond donors (Lipinski definition) is 0. The van der Waals surface area contributed by atoms with Gasteiger partial charge in [0.1, 0.15) is 6.10 Å². The largest absolute Gasteiger partial charge is 0.459 e. The van der Waals surface area contributed by atoms with E-state index in [1.165, 1.54) is 12.8 Å². The van der Waals surface area contributed by atoms with E-state index in [9.17, 15) is 4.79 Å². The number of hydrogen-bond acceptors (Lipinski definition) is 2. The zero-order valence-electron chi connectivity index (χ0n) is 12.4. The molecule has 2 unspecified atom stereocenters. The molecule has 0 aliphatic carbocycles. The first-order valence-electron chi connectivity index (χ1n) is 7.78. The first kappa shape index (κ1) is 16.0. The van der Waals surface area contributed by atoms with Crippen molar-refractivity contribution in [3.05, 3.63) is 24.3 Å². The average Bonchev–Trinajstić information content (AvgIpc) is 2.41. The van der Waals surface area contributed by atoms with Gasteiger partial charge >= 0.3 is 5.97 Å². The fourth-order valence-corrected chi connectivity index (χ4v) is 2.52. The van der Waals surface area contributed by atoms with Gasteiger partial charge < -0.3 is 4.74 Å². The van der Waals surface area contributed by atoms with Gasteiger partial charge in [0.15, 0.2) is 0 Å². The topological polar surface area (TPSA) is 26.3 Å². The molecule has 0 radical (unpaired) electrons. The van der Waals surface area contributed by atoms with Crippen LogP contribution < -0.4 is 0 Å². The van der Waals surface area contributed by atoms with Gasteiger partial charge in [-0.25, -0.2) is 4.79 Å². The smallest absolute Gasteiger partial charge is 0.330 e. The van der Waals surface area contributed by atoms with Gasteiger partial charge in [-0.1, -0.05) is 44.9 Å². The van der Waals surface area contributed by atoms with Crippen molar-refractivity contribution in [2.75, 3.05) is 0 Å². The summed E-state index contributed by atoms with van der Waals surface area (Å²) in [5.74, 6) is 0.488. The zero-order valence-corrected chi connectivity index (χ0v) is 12.4. The predicted octanol–water partition coefficient (Wildman–Crippen LogP) is 4.80. The summed E-state index contributed by atoms with van der Waals surface area (Å²) >= 11 is 0. The summed E-state index contributed by atoms with van der Waals surface area (Å²) in [4.78, 5) is 11.7. The van der Waals surface area contributed by atoms with Crippen LogP contribution in [0, 0.1) is 5.92 Å². The van der Waals surface area contributed by atoms with Crippen molar-refractivity contribution >= 4 is 5.97 Å². The van der Waals surface area contributed by atoms with Gasteiger partial charge in [-0.3, -0.25) is 0 Å². The maximum atomic E-state index is 11.7. The predicted molar refractivity (Wildman–Crippen MR) is 79.9 cm³/mol. The van der Waals surface area contributed by atoms with Crippen LogP contribution in [-0.4, -0.2) is 12.1 Å². The van der Waals surface area contributed by atoms with Crippen LogP contribution in [-0.2, 0) is 9.53 Å². The lowest BCUT2D eigenvalue weighted by molar-refractivity contribution is -0.143. The molecule has 0 aromatic carbocycles. The van der Waals surface area contributed by atoms with Gasteiger partial charge in [-0.15, -0.1) is 0 Å². The Morgan fingerprint density at radius 1 is 1.21 bits per heavy atom. The Bertz CT molecular complexity index is 304. The number of carbonyl (C=O) groups is 1. The molecule has 1 aliphatic rings. The van der Waals surface area contributed by atoms with E-state index in [-0.39, 0.29) is 12.1 Å². The fourth-order valence-electron chi connectivity index (χ4n) is 2.52. The van der Waals surface area contributed by atoms with E-state index in [2.05, 4.69) is 26.0 Å². The van der Waals surface area contributed by atoms with Crippen molar-refractivity contribution < 1.29 is 9.53 Å². The van der Waals surface area contributed by atoms with Crippen LogP contribution in [0.15, 0.2) is 24.3 Å². The molecule has 108 valence electrons. The average molecular weight is 264 g/mol. The molecule has 0 spiro atoms. The number of esters is 1. The second kappa shape index (κ2) is 9.82. The number of rotatable bonds is 3. The monoisotopic (exact) mass is 264 g/mol. The van der Waals surface area contributed by atoms with Gasteiger partial charge in [-0.2, -0.15) is 0 Å². The zero-order chi connectivity index (χ0) is 13.9. The van der Waals surface area contributed by atoms with E-state index in [0.717, 1.165) is 38.5 Å². The Morgan fingerprint density at radius 3 is 2.74 bits per heavy atom. The fraction of sp³-hybridized carbons (Fsp3) is 0.706. The molecule has 2 heteroatoms. The summed E-state index contributed by atoms with van der Waals surface area (Å²) < 4.78 is 5.46. The molecule has 1 heterocycles. The molecule has 1 rings (SSSR count). The van der Waals surface area contributed by atoms with Crippen molar-refractivity contribution in [1.82, 2.24) is 0 Å². The Kier molecular flexibility index (Phi) is 8.28.